The zero-order chi connectivity index (χ0) is 17.6. The van der Waals surface area contributed by atoms with Gasteiger partial charge in [0, 0.05) is 11.3 Å². The molecule has 0 aliphatic heterocycles. The number of aromatic amines is 1. The molecular weight excluding hydrogens is 326 g/mol. The summed E-state index contributed by atoms with van der Waals surface area (Å²) in [5, 5.41) is 8.21. The largest absolute Gasteiger partial charge is 0.258 e. The van der Waals surface area contributed by atoms with Crippen LogP contribution in [0.1, 0.15) is 77.6 Å². The highest BCUT2D eigenvalue weighted by atomic mass is 32.2. The predicted molar refractivity (Wildman–Crippen MR) is 109 cm³/mol. The van der Waals surface area contributed by atoms with Crippen LogP contribution in [-0.4, -0.2) is 20.9 Å². The van der Waals surface area contributed by atoms with E-state index in [-0.39, 0.29) is 0 Å². The fraction of sp³-hybridized carbons (Fsp3) is 0.619. The van der Waals surface area contributed by atoms with Crippen LogP contribution in [0, 0.1) is 0 Å². The molecule has 1 aromatic carbocycles. The highest BCUT2D eigenvalue weighted by Crippen LogP contribution is 2.20. The van der Waals surface area contributed by atoms with Gasteiger partial charge >= 0.3 is 0 Å². The zero-order valence-electron chi connectivity index (χ0n) is 15.7. The first-order chi connectivity index (χ1) is 12.4. The molecule has 4 heteroatoms. The predicted octanol–water partition coefficient (Wildman–Crippen LogP) is 6.87. The Hall–Kier alpha value is -1.29. The van der Waals surface area contributed by atoms with Crippen LogP contribution >= 0.6 is 11.8 Å². The van der Waals surface area contributed by atoms with Crippen LogP contribution in [-0.2, 0) is 0 Å². The van der Waals surface area contributed by atoms with E-state index in [2.05, 4.69) is 34.2 Å². The number of aromatic nitrogens is 3. The Morgan fingerprint density at radius 1 is 0.800 bits per heavy atom. The molecule has 0 bridgehead atoms. The molecular formula is C21H33N3S. The molecule has 1 heterocycles. The summed E-state index contributed by atoms with van der Waals surface area (Å²) in [6.07, 6.45) is 15.3. The summed E-state index contributed by atoms with van der Waals surface area (Å²) in [6, 6.07) is 10.2. The van der Waals surface area contributed by atoms with Crippen molar-refractivity contribution in [3.63, 3.8) is 0 Å². The molecule has 0 fully saturated rings. The Morgan fingerprint density at radius 3 is 2.04 bits per heavy atom. The maximum absolute atomic E-state index is 4.57. The topological polar surface area (TPSA) is 41.6 Å². The molecule has 0 aliphatic carbocycles. The number of hydrogen-bond donors (Lipinski definition) is 1. The molecule has 0 unspecified atom stereocenters. The van der Waals surface area contributed by atoms with Crippen molar-refractivity contribution in [3.8, 4) is 11.4 Å². The van der Waals surface area contributed by atoms with Gasteiger partial charge in [-0.2, -0.15) is 0 Å². The van der Waals surface area contributed by atoms with Crippen LogP contribution in [0.2, 0.25) is 0 Å². The Labute approximate surface area is 157 Å². The van der Waals surface area contributed by atoms with Gasteiger partial charge < -0.3 is 0 Å². The number of benzene rings is 1. The second-order valence-electron chi connectivity index (χ2n) is 6.72. The Kier molecular flexibility index (Phi) is 10.4. The SMILES string of the molecule is CCCCCCCCCCCCCSc1n[nH]c(-c2ccccc2)n1. The van der Waals surface area contributed by atoms with Gasteiger partial charge in [0.05, 0.1) is 0 Å². The number of thioether (sulfide) groups is 1. The molecule has 0 amide bonds. The van der Waals surface area contributed by atoms with Gasteiger partial charge in [-0.25, -0.2) is 4.98 Å². The van der Waals surface area contributed by atoms with E-state index < -0.39 is 0 Å². The van der Waals surface area contributed by atoms with Crippen molar-refractivity contribution in [2.75, 3.05) is 5.75 Å². The van der Waals surface area contributed by atoms with Crippen molar-refractivity contribution >= 4 is 11.8 Å². The molecule has 0 atom stereocenters. The molecule has 0 spiro atoms. The van der Waals surface area contributed by atoms with E-state index in [1.807, 2.05) is 18.2 Å². The van der Waals surface area contributed by atoms with E-state index in [0.717, 1.165) is 22.3 Å². The van der Waals surface area contributed by atoms with E-state index in [0.29, 0.717) is 0 Å². The highest BCUT2D eigenvalue weighted by Gasteiger charge is 2.05. The third-order valence-corrected chi connectivity index (χ3v) is 5.42. The number of nitrogens with one attached hydrogen (secondary N) is 1. The molecule has 1 N–H and O–H groups in total. The summed E-state index contributed by atoms with van der Waals surface area (Å²) >= 11 is 1.76. The lowest BCUT2D eigenvalue weighted by Crippen LogP contribution is -1.85. The van der Waals surface area contributed by atoms with Crippen molar-refractivity contribution < 1.29 is 0 Å². The first kappa shape index (κ1) is 20.0. The third-order valence-electron chi connectivity index (χ3n) is 4.49. The van der Waals surface area contributed by atoms with E-state index in [4.69, 9.17) is 0 Å². The van der Waals surface area contributed by atoms with Crippen molar-refractivity contribution in [3.05, 3.63) is 30.3 Å². The van der Waals surface area contributed by atoms with Crippen LogP contribution in [0.5, 0.6) is 0 Å². The minimum atomic E-state index is 0.863. The van der Waals surface area contributed by atoms with Crippen LogP contribution in [0.3, 0.4) is 0 Å². The lowest BCUT2D eigenvalue weighted by atomic mass is 10.1. The molecule has 1 aromatic heterocycles. The summed E-state index contributed by atoms with van der Waals surface area (Å²) in [4.78, 5) is 4.57. The number of rotatable bonds is 14. The van der Waals surface area contributed by atoms with Gasteiger partial charge in [0.2, 0.25) is 5.16 Å². The number of nitrogens with zero attached hydrogens (tertiary/aromatic N) is 2. The van der Waals surface area contributed by atoms with Crippen molar-refractivity contribution in [1.82, 2.24) is 15.2 Å². The van der Waals surface area contributed by atoms with E-state index in [1.54, 1.807) is 11.8 Å². The number of unbranched alkanes of at least 4 members (excludes halogenated alkanes) is 10. The molecule has 3 nitrogen and oxygen atoms in total. The maximum Gasteiger partial charge on any atom is 0.208 e. The average Bonchev–Trinajstić information content (AvgIpc) is 3.12. The smallest absolute Gasteiger partial charge is 0.208 e. The summed E-state index contributed by atoms with van der Waals surface area (Å²) in [7, 11) is 0. The van der Waals surface area contributed by atoms with Gasteiger partial charge in [0.15, 0.2) is 5.82 Å². The first-order valence-electron chi connectivity index (χ1n) is 10.0. The van der Waals surface area contributed by atoms with Crippen LogP contribution in [0.15, 0.2) is 35.5 Å². The number of H-pyrrole nitrogens is 1. The Morgan fingerprint density at radius 2 is 1.40 bits per heavy atom. The van der Waals surface area contributed by atoms with Crippen molar-refractivity contribution in [2.45, 2.75) is 82.7 Å². The van der Waals surface area contributed by atoms with Gasteiger partial charge in [0.1, 0.15) is 0 Å². The standard InChI is InChI=1S/C21H33N3S/c1-2-3-4-5-6-7-8-9-10-11-15-18-25-21-22-20(23-24-21)19-16-13-12-14-17-19/h12-14,16-17H,2-11,15,18H2,1H3,(H,22,23,24). The minimum Gasteiger partial charge on any atom is -0.258 e. The molecule has 0 aliphatic rings. The second kappa shape index (κ2) is 13.0. The molecule has 0 radical (unpaired) electrons. The first-order valence-corrected chi connectivity index (χ1v) is 11.0. The molecule has 138 valence electrons. The maximum atomic E-state index is 4.57. The second-order valence-corrected chi connectivity index (χ2v) is 7.78. The van der Waals surface area contributed by atoms with E-state index >= 15 is 0 Å². The lowest BCUT2D eigenvalue weighted by Gasteiger charge is -2.02. The lowest BCUT2D eigenvalue weighted by molar-refractivity contribution is 0.555. The fourth-order valence-corrected chi connectivity index (χ4v) is 3.76. The summed E-state index contributed by atoms with van der Waals surface area (Å²) in [5.41, 5.74) is 1.09. The Balaban J connectivity index is 1.45. The quantitative estimate of drug-likeness (QED) is 0.295. The van der Waals surface area contributed by atoms with Gasteiger partial charge in [-0.05, 0) is 6.42 Å². The van der Waals surface area contributed by atoms with Crippen molar-refractivity contribution in [1.29, 1.82) is 0 Å². The zero-order valence-corrected chi connectivity index (χ0v) is 16.5. The summed E-state index contributed by atoms with van der Waals surface area (Å²) < 4.78 is 0. The summed E-state index contributed by atoms with van der Waals surface area (Å²) in [5.74, 6) is 1.98. The average molecular weight is 360 g/mol. The van der Waals surface area contributed by atoms with Crippen molar-refractivity contribution in [2.24, 2.45) is 0 Å². The fourth-order valence-electron chi connectivity index (χ4n) is 2.97. The third kappa shape index (κ3) is 8.57. The van der Waals surface area contributed by atoms with Crippen LogP contribution in [0.4, 0.5) is 0 Å². The van der Waals surface area contributed by atoms with Gasteiger partial charge in [-0.3, -0.25) is 5.10 Å². The molecule has 2 aromatic rings. The van der Waals surface area contributed by atoms with Crippen LogP contribution < -0.4 is 0 Å². The molecule has 0 saturated heterocycles. The van der Waals surface area contributed by atoms with Crippen LogP contribution in [0.25, 0.3) is 11.4 Å². The highest BCUT2D eigenvalue weighted by molar-refractivity contribution is 7.99. The minimum absolute atomic E-state index is 0.863. The van der Waals surface area contributed by atoms with Gasteiger partial charge in [0.25, 0.3) is 0 Å². The van der Waals surface area contributed by atoms with Gasteiger partial charge in [-0.1, -0.05) is 113 Å². The summed E-state index contributed by atoms with van der Waals surface area (Å²) in [6.45, 7) is 2.28. The van der Waals surface area contributed by atoms with E-state index in [1.165, 1.54) is 70.6 Å². The normalized spacial score (nSPS) is 11.1. The molecule has 0 saturated carbocycles. The Bertz CT molecular complexity index is 553. The molecule has 2 rings (SSSR count). The number of hydrogen-bond acceptors (Lipinski definition) is 3. The van der Waals surface area contributed by atoms with Gasteiger partial charge in [-0.15, -0.1) is 5.10 Å². The molecule has 25 heavy (non-hydrogen) atoms. The monoisotopic (exact) mass is 359 g/mol. The van der Waals surface area contributed by atoms with E-state index in [9.17, 15) is 0 Å².